The highest BCUT2D eigenvalue weighted by Gasteiger charge is 2.39. The van der Waals surface area contributed by atoms with Crippen LogP contribution in [0.3, 0.4) is 0 Å². The molecular formula is C31H34F2N4O2S. The average molecular weight is 565 g/mol. The first-order valence-corrected chi connectivity index (χ1v) is 14.6. The molecule has 2 heterocycles. The van der Waals surface area contributed by atoms with Crippen molar-refractivity contribution in [1.29, 1.82) is 0 Å². The smallest absolute Gasteiger partial charge is 0.241 e. The van der Waals surface area contributed by atoms with Crippen LogP contribution in [0.1, 0.15) is 18.9 Å². The van der Waals surface area contributed by atoms with Crippen LogP contribution in [0.2, 0.25) is 0 Å². The van der Waals surface area contributed by atoms with E-state index in [0.29, 0.717) is 18.8 Å². The number of carbonyl (C=O) groups excluding carboxylic acids is 2. The third-order valence-corrected chi connectivity index (χ3v) is 9.02. The first-order chi connectivity index (χ1) is 19.4. The molecule has 0 radical (unpaired) electrons. The molecule has 0 spiro atoms. The summed E-state index contributed by atoms with van der Waals surface area (Å²) in [4.78, 5) is 33.8. The second kappa shape index (κ2) is 12.8. The molecule has 6 nitrogen and oxygen atoms in total. The largest absolute Gasteiger partial charge is 0.367 e. The number of carbonyl (C=O) groups is 2. The van der Waals surface area contributed by atoms with Crippen LogP contribution in [0.25, 0.3) is 0 Å². The van der Waals surface area contributed by atoms with E-state index in [9.17, 15) is 18.4 Å². The van der Waals surface area contributed by atoms with Crippen molar-refractivity contribution in [2.45, 2.75) is 30.0 Å². The van der Waals surface area contributed by atoms with Gasteiger partial charge in [0.1, 0.15) is 16.9 Å². The van der Waals surface area contributed by atoms with Gasteiger partial charge in [-0.3, -0.25) is 14.5 Å². The molecule has 1 saturated heterocycles. The lowest BCUT2D eigenvalue weighted by Crippen LogP contribution is -2.48. The van der Waals surface area contributed by atoms with Crippen molar-refractivity contribution in [3.05, 3.63) is 90.0 Å². The monoisotopic (exact) mass is 564 g/mol. The number of fused-ring (bicyclic) bond motifs is 1. The number of rotatable bonds is 9. The van der Waals surface area contributed by atoms with Gasteiger partial charge in [-0.2, -0.15) is 0 Å². The molecule has 0 bridgehead atoms. The van der Waals surface area contributed by atoms with Crippen LogP contribution in [0, 0.1) is 17.6 Å². The minimum atomic E-state index is -0.554. The third-order valence-electron chi connectivity index (χ3n) is 7.56. The Hall–Kier alpha value is -3.43. The third kappa shape index (κ3) is 6.47. The molecule has 210 valence electrons. The number of thioether (sulfide) groups is 1. The summed E-state index contributed by atoms with van der Waals surface area (Å²) in [5.41, 5.74) is 2.28. The summed E-state index contributed by atoms with van der Waals surface area (Å²) in [6.45, 7) is 6.70. The molecule has 2 atom stereocenters. The molecule has 3 aromatic rings. The molecule has 9 heteroatoms. The summed E-state index contributed by atoms with van der Waals surface area (Å²) in [6, 6.07) is 20.7. The van der Waals surface area contributed by atoms with Crippen molar-refractivity contribution in [3.63, 3.8) is 0 Å². The highest BCUT2D eigenvalue weighted by Crippen LogP contribution is 2.42. The molecular weight excluding hydrogens is 530 g/mol. The fourth-order valence-electron chi connectivity index (χ4n) is 5.22. The van der Waals surface area contributed by atoms with Gasteiger partial charge in [-0.25, -0.2) is 8.78 Å². The first kappa shape index (κ1) is 28.1. The number of anilines is 2. The Morgan fingerprint density at radius 3 is 2.35 bits per heavy atom. The van der Waals surface area contributed by atoms with Gasteiger partial charge in [0, 0.05) is 37.6 Å². The van der Waals surface area contributed by atoms with Gasteiger partial charge in [0.15, 0.2) is 0 Å². The second-order valence-electron chi connectivity index (χ2n) is 10.3. The van der Waals surface area contributed by atoms with E-state index in [4.69, 9.17) is 0 Å². The number of nitrogens with zero attached hydrogens (tertiary/aromatic N) is 3. The zero-order chi connectivity index (χ0) is 28.1. The summed E-state index contributed by atoms with van der Waals surface area (Å²) < 4.78 is 27.5. The van der Waals surface area contributed by atoms with Crippen LogP contribution >= 0.6 is 11.8 Å². The minimum Gasteiger partial charge on any atom is -0.367 e. The number of nitrogens with one attached hydrogen (secondary N) is 1. The number of benzene rings is 3. The Labute approximate surface area is 238 Å². The maximum Gasteiger partial charge on any atom is 0.241 e. The SMILES string of the molecule is CC(C(=O)NCCCN1CCN(c2ccccc2F)CC1)C1Sc2ccccc2N(Cc2ccc(F)cc2)C1=O. The fraction of sp³-hybridized carbons (Fsp3) is 0.355. The van der Waals surface area contributed by atoms with Gasteiger partial charge >= 0.3 is 0 Å². The van der Waals surface area contributed by atoms with Gasteiger partial charge in [-0.05, 0) is 54.9 Å². The Bertz CT molecular complexity index is 1330. The Balaban J connectivity index is 1.12. The molecule has 2 aliphatic heterocycles. The van der Waals surface area contributed by atoms with Gasteiger partial charge in [0.05, 0.1) is 23.8 Å². The van der Waals surface area contributed by atoms with Gasteiger partial charge in [0.2, 0.25) is 11.8 Å². The van der Waals surface area contributed by atoms with E-state index in [-0.39, 0.29) is 23.4 Å². The van der Waals surface area contributed by atoms with Gasteiger partial charge in [-0.15, -0.1) is 11.8 Å². The number of halogens is 2. The zero-order valence-corrected chi connectivity index (χ0v) is 23.4. The van der Waals surface area contributed by atoms with E-state index in [0.717, 1.165) is 55.3 Å². The van der Waals surface area contributed by atoms with Crippen LogP contribution in [0.4, 0.5) is 20.2 Å². The van der Waals surface area contributed by atoms with E-state index in [1.807, 2.05) is 36.4 Å². The van der Waals surface area contributed by atoms with Crippen LogP contribution in [-0.4, -0.2) is 61.2 Å². The molecule has 2 amide bonds. The maximum absolute atomic E-state index is 14.1. The predicted octanol–water partition coefficient (Wildman–Crippen LogP) is 4.94. The highest BCUT2D eigenvalue weighted by molar-refractivity contribution is 8.01. The van der Waals surface area contributed by atoms with Crippen LogP contribution < -0.4 is 15.1 Å². The first-order valence-electron chi connectivity index (χ1n) is 13.7. The molecule has 0 aliphatic carbocycles. The maximum atomic E-state index is 14.1. The zero-order valence-electron chi connectivity index (χ0n) is 22.6. The summed E-state index contributed by atoms with van der Waals surface area (Å²) in [5, 5.41) is 2.47. The molecule has 5 rings (SSSR count). The highest BCUT2D eigenvalue weighted by atomic mass is 32.2. The van der Waals surface area contributed by atoms with Crippen LogP contribution in [0.5, 0.6) is 0 Å². The Morgan fingerprint density at radius 1 is 0.950 bits per heavy atom. The van der Waals surface area contributed by atoms with E-state index in [1.165, 1.54) is 30.0 Å². The molecule has 2 unspecified atom stereocenters. The van der Waals surface area contributed by atoms with Crippen LogP contribution in [0.15, 0.2) is 77.7 Å². The van der Waals surface area contributed by atoms with Crippen molar-refractivity contribution in [3.8, 4) is 0 Å². The van der Waals surface area contributed by atoms with E-state index < -0.39 is 11.2 Å². The normalized spacial score (nSPS) is 18.4. The lowest BCUT2D eigenvalue weighted by molar-refractivity contribution is -0.128. The fourth-order valence-corrected chi connectivity index (χ4v) is 6.51. The van der Waals surface area contributed by atoms with Gasteiger partial charge in [-0.1, -0.05) is 43.3 Å². The van der Waals surface area contributed by atoms with E-state index in [1.54, 1.807) is 30.0 Å². The molecule has 2 aliphatic rings. The predicted molar refractivity (Wildman–Crippen MR) is 156 cm³/mol. The lowest BCUT2D eigenvalue weighted by atomic mass is 10.0. The number of amides is 2. The number of para-hydroxylation sites is 2. The number of hydrogen-bond acceptors (Lipinski definition) is 5. The van der Waals surface area contributed by atoms with Crippen molar-refractivity contribution in [2.24, 2.45) is 5.92 Å². The molecule has 1 N–H and O–H groups in total. The van der Waals surface area contributed by atoms with Crippen molar-refractivity contribution >= 4 is 35.0 Å². The summed E-state index contributed by atoms with van der Waals surface area (Å²) in [7, 11) is 0. The quantitative estimate of drug-likeness (QED) is 0.374. The Kier molecular flexibility index (Phi) is 9.01. The topological polar surface area (TPSA) is 55.9 Å². The molecule has 40 heavy (non-hydrogen) atoms. The van der Waals surface area contributed by atoms with Gasteiger partial charge in [0.25, 0.3) is 0 Å². The number of piperazine rings is 1. The van der Waals surface area contributed by atoms with Gasteiger partial charge < -0.3 is 15.1 Å². The van der Waals surface area contributed by atoms with E-state index >= 15 is 0 Å². The Morgan fingerprint density at radius 2 is 1.62 bits per heavy atom. The summed E-state index contributed by atoms with van der Waals surface area (Å²) >= 11 is 1.43. The van der Waals surface area contributed by atoms with Crippen molar-refractivity contribution in [1.82, 2.24) is 10.2 Å². The molecule has 3 aromatic carbocycles. The lowest BCUT2D eigenvalue weighted by Gasteiger charge is -2.36. The molecule has 0 aromatic heterocycles. The van der Waals surface area contributed by atoms with E-state index in [2.05, 4.69) is 15.1 Å². The summed E-state index contributed by atoms with van der Waals surface area (Å²) in [6.07, 6.45) is 0.795. The van der Waals surface area contributed by atoms with Crippen molar-refractivity contribution < 1.29 is 18.4 Å². The molecule has 1 fully saturated rings. The standard InChI is InChI=1S/C31H34F2N4O2S/c1-22(30(38)34-15-6-16-35-17-19-36(20-18-35)26-8-3-2-7-25(26)33)29-31(39)37(21-23-11-13-24(32)14-12-23)27-9-4-5-10-28(27)40-29/h2-5,7-14,22,29H,6,15-21H2,1H3,(H,34,38). The van der Waals surface area contributed by atoms with Crippen LogP contribution in [-0.2, 0) is 16.1 Å². The minimum absolute atomic E-state index is 0.122. The average Bonchev–Trinajstić information content (AvgIpc) is 2.98. The second-order valence-corrected chi connectivity index (χ2v) is 11.5. The molecule has 0 saturated carbocycles. The van der Waals surface area contributed by atoms with Crippen molar-refractivity contribution in [2.75, 3.05) is 49.1 Å². The number of hydrogen-bond donors (Lipinski definition) is 1. The summed E-state index contributed by atoms with van der Waals surface area (Å²) in [5.74, 6) is -1.30.